The van der Waals surface area contributed by atoms with Gasteiger partial charge >= 0.3 is 0 Å². The zero-order valence-electron chi connectivity index (χ0n) is 14.1. The van der Waals surface area contributed by atoms with Crippen LogP contribution in [0.1, 0.15) is 16.9 Å². The van der Waals surface area contributed by atoms with Gasteiger partial charge in [0.2, 0.25) is 5.91 Å². The number of carbonyl (C=O) groups excluding carboxylic acids is 2. The molecule has 0 radical (unpaired) electrons. The number of nitrogens with zero attached hydrogens (tertiary/aromatic N) is 2. The van der Waals surface area contributed by atoms with Crippen LogP contribution < -0.4 is 10.6 Å². The highest BCUT2D eigenvalue weighted by molar-refractivity contribution is 7.14. The Kier molecular flexibility index (Phi) is 4.67. The number of aromatic nitrogens is 3. The number of rotatable bonds is 6. The van der Waals surface area contributed by atoms with Gasteiger partial charge in [0.15, 0.2) is 16.6 Å². The summed E-state index contributed by atoms with van der Waals surface area (Å²) in [5, 5.41) is 15.3. The average molecular weight is 381 g/mol. The summed E-state index contributed by atoms with van der Waals surface area (Å²) < 4.78 is 5.27. The van der Waals surface area contributed by atoms with Gasteiger partial charge in [0.25, 0.3) is 5.91 Å². The van der Waals surface area contributed by atoms with Gasteiger partial charge in [-0.25, -0.2) is 4.98 Å². The molecule has 9 heteroatoms. The molecule has 0 atom stereocenters. The second-order valence-electron chi connectivity index (χ2n) is 5.69. The Labute approximate surface area is 157 Å². The topological polar surface area (TPSA) is 113 Å². The molecule has 0 saturated carbocycles. The normalized spacial score (nSPS) is 10.8. The number of anilines is 1. The number of furan rings is 1. The van der Waals surface area contributed by atoms with Crippen LogP contribution in [0.2, 0.25) is 0 Å². The van der Waals surface area contributed by atoms with E-state index in [-0.39, 0.29) is 24.8 Å². The van der Waals surface area contributed by atoms with E-state index in [2.05, 4.69) is 25.8 Å². The Morgan fingerprint density at radius 2 is 2.07 bits per heavy atom. The van der Waals surface area contributed by atoms with Gasteiger partial charge in [-0.3, -0.25) is 14.7 Å². The highest BCUT2D eigenvalue weighted by atomic mass is 32.1. The Morgan fingerprint density at radius 1 is 1.19 bits per heavy atom. The Morgan fingerprint density at radius 3 is 2.93 bits per heavy atom. The molecule has 0 aliphatic carbocycles. The highest BCUT2D eigenvalue weighted by Crippen LogP contribution is 2.25. The third-order valence-electron chi connectivity index (χ3n) is 3.85. The first-order chi connectivity index (χ1) is 13.2. The van der Waals surface area contributed by atoms with E-state index in [1.165, 1.54) is 11.3 Å². The molecule has 3 N–H and O–H groups in total. The molecular formula is C18H15N5O3S. The van der Waals surface area contributed by atoms with Crippen LogP contribution in [0.5, 0.6) is 0 Å². The minimum absolute atomic E-state index is 0.129. The van der Waals surface area contributed by atoms with Crippen molar-refractivity contribution in [1.29, 1.82) is 0 Å². The molecule has 0 aliphatic heterocycles. The van der Waals surface area contributed by atoms with Gasteiger partial charge in [0, 0.05) is 23.7 Å². The van der Waals surface area contributed by atoms with Crippen molar-refractivity contribution in [1.82, 2.24) is 20.5 Å². The SMILES string of the molecule is O=C(CCNC(=O)c1n[nH]c2ccccc12)Nc1nc(-c2ccco2)cs1. The summed E-state index contributed by atoms with van der Waals surface area (Å²) in [7, 11) is 0. The summed E-state index contributed by atoms with van der Waals surface area (Å²) in [4.78, 5) is 28.6. The number of H-pyrrole nitrogens is 1. The molecule has 0 bridgehead atoms. The summed E-state index contributed by atoms with van der Waals surface area (Å²) in [6, 6.07) is 10.9. The highest BCUT2D eigenvalue weighted by Gasteiger charge is 2.14. The third-order valence-corrected chi connectivity index (χ3v) is 4.60. The number of aromatic amines is 1. The van der Waals surface area contributed by atoms with E-state index in [9.17, 15) is 9.59 Å². The van der Waals surface area contributed by atoms with Crippen LogP contribution in [-0.4, -0.2) is 33.5 Å². The van der Waals surface area contributed by atoms with Crippen molar-refractivity contribution in [3.8, 4) is 11.5 Å². The lowest BCUT2D eigenvalue weighted by atomic mass is 10.2. The van der Waals surface area contributed by atoms with Crippen molar-refractivity contribution in [2.24, 2.45) is 0 Å². The second-order valence-corrected chi connectivity index (χ2v) is 6.55. The monoisotopic (exact) mass is 381 g/mol. The van der Waals surface area contributed by atoms with Crippen molar-refractivity contribution in [2.75, 3.05) is 11.9 Å². The summed E-state index contributed by atoms with van der Waals surface area (Å²) >= 11 is 1.31. The van der Waals surface area contributed by atoms with Crippen molar-refractivity contribution >= 4 is 39.2 Å². The molecule has 3 heterocycles. The number of nitrogens with one attached hydrogen (secondary N) is 3. The van der Waals surface area contributed by atoms with Gasteiger partial charge in [0.05, 0.1) is 11.8 Å². The van der Waals surface area contributed by atoms with Crippen LogP contribution in [0, 0.1) is 0 Å². The minimum atomic E-state index is -0.324. The molecule has 4 aromatic rings. The zero-order chi connectivity index (χ0) is 18.6. The predicted molar refractivity (Wildman–Crippen MR) is 101 cm³/mol. The van der Waals surface area contributed by atoms with E-state index in [4.69, 9.17) is 4.42 Å². The smallest absolute Gasteiger partial charge is 0.272 e. The van der Waals surface area contributed by atoms with Gasteiger partial charge in [-0.15, -0.1) is 11.3 Å². The maximum atomic E-state index is 12.2. The lowest BCUT2D eigenvalue weighted by Gasteiger charge is -2.04. The van der Waals surface area contributed by atoms with E-state index in [1.54, 1.807) is 23.8 Å². The Balaban J connectivity index is 1.29. The zero-order valence-corrected chi connectivity index (χ0v) is 14.9. The molecule has 2 amide bonds. The fourth-order valence-electron chi connectivity index (χ4n) is 2.56. The largest absolute Gasteiger partial charge is 0.463 e. The maximum absolute atomic E-state index is 12.2. The summed E-state index contributed by atoms with van der Waals surface area (Å²) in [5.41, 5.74) is 1.77. The van der Waals surface area contributed by atoms with E-state index in [0.29, 0.717) is 22.3 Å². The molecule has 4 rings (SSSR count). The number of thiazole rings is 1. The third kappa shape index (κ3) is 3.72. The van der Waals surface area contributed by atoms with Gasteiger partial charge in [-0.2, -0.15) is 5.10 Å². The van der Waals surface area contributed by atoms with Gasteiger partial charge in [-0.1, -0.05) is 18.2 Å². The average Bonchev–Trinajstić information content (AvgIpc) is 3.41. The summed E-state index contributed by atoms with van der Waals surface area (Å²) in [6.07, 6.45) is 1.70. The second kappa shape index (κ2) is 7.42. The summed E-state index contributed by atoms with van der Waals surface area (Å²) in [6.45, 7) is 0.197. The van der Waals surface area contributed by atoms with Crippen molar-refractivity contribution in [3.63, 3.8) is 0 Å². The van der Waals surface area contributed by atoms with Crippen LogP contribution >= 0.6 is 11.3 Å². The van der Waals surface area contributed by atoms with Crippen LogP contribution in [0.15, 0.2) is 52.5 Å². The van der Waals surface area contributed by atoms with E-state index in [1.807, 2.05) is 24.3 Å². The molecule has 0 aliphatic rings. The molecule has 0 unspecified atom stereocenters. The molecule has 3 aromatic heterocycles. The Hall–Kier alpha value is -3.46. The lowest BCUT2D eigenvalue weighted by molar-refractivity contribution is -0.116. The van der Waals surface area contributed by atoms with E-state index in [0.717, 1.165) is 10.9 Å². The predicted octanol–water partition coefficient (Wildman–Crippen LogP) is 3.04. The fraction of sp³-hybridized carbons (Fsp3) is 0.111. The molecule has 1 aromatic carbocycles. The molecule has 136 valence electrons. The quantitative estimate of drug-likeness (QED) is 0.475. The number of hydrogen-bond acceptors (Lipinski definition) is 6. The number of hydrogen-bond donors (Lipinski definition) is 3. The first-order valence-corrected chi connectivity index (χ1v) is 9.09. The van der Waals surface area contributed by atoms with Crippen LogP contribution in [0.3, 0.4) is 0 Å². The van der Waals surface area contributed by atoms with Crippen molar-refractivity contribution in [2.45, 2.75) is 6.42 Å². The molecular weight excluding hydrogens is 366 g/mol. The van der Waals surface area contributed by atoms with E-state index < -0.39 is 0 Å². The van der Waals surface area contributed by atoms with Crippen molar-refractivity contribution in [3.05, 3.63) is 53.7 Å². The first-order valence-electron chi connectivity index (χ1n) is 8.21. The maximum Gasteiger partial charge on any atom is 0.272 e. The number of carbonyl (C=O) groups is 2. The van der Waals surface area contributed by atoms with Crippen LogP contribution in [-0.2, 0) is 4.79 Å². The number of para-hydroxylation sites is 1. The number of fused-ring (bicyclic) bond motifs is 1. The molecule has 8 nitrogen and oxygen atoms in total. The number of amides is 2. The molecule has 0 spiro atoms. The lowest BCUT2D eigenvalue weighted by Crippen LogP contribution is -2.28. The van der Waals surface area contributed by atoms with E-state index >= 15 is 0 Å². The first kappa shape index (κ1) is 17.0. The van der Waals surface area contributed by atoms with Gasteiger partial charge in [-0.05, 0) is 18.2 Å². The van der Waals surface area contributed by atoms with Gasteiger partial charge < -0.3 is 15.1 Å². The van der Waals surface area contributed by atoms with Crippen molar-refractivity contribution < 1.29 is 14.0 Å². The van der Waals surface area contributed by atoms with Crippen LogP contribution in [0.25, 0.3) is 22.4 Å². The molecule has 0 saturated heterocycles. The van der Waals surface area contributed by atoms with Crippen LogP contribution in [0.4, 0.5) is 5.13 Å². The van der Waals surface area contributed by atoms with Gasteiger partial charge in [0.1, 0.15) is 5.69 Å². The summed E-state index contributed by atoms with van der Waals surface area (Å²) in [5.74, 6) is 0.0855. The minimum Gasteiger partial charge on any atom is -0.463 e. The Bertz CT molecular complexity index is 1080. The standard InChI is InChI=1S/C18H15N5O3S/c24-15(21-18-20-13(10-27-18)14-6-3-9-26-14)7-8-19-17(25)16-11-4-1-2-5-12(11)22-23-16/h1-6,9-10H,7-8H2,(H,19,25)(H,22,23)(H,20,21,24). The molecule has 27 heavy (non-hydrogen) atoms. The fourth-order valence-corrected chi connectivity index (χ4v) is 3.28. The molecule has 0 fully saturated rings. The number of benzene rings is 1.